The van der Waals surface area contributed by atoms with Gasteiger partial charge in [-0.25, -0.2) is 8.78 Å². The van der Waals surface area contributed by atoms with Gasteiger partial charge in [0.15, 0.2) is 5.82 Å². The molecule has 2 aliphatic rings. The van der Waals surface area contributed by atoms with Gasteiger partial charge in [-0.3, -0.25) is 0 Å². The lowest BCUT2D eigenvalue weighted by molar-refractivity contribution is 0.118. The molecule has 0 bridgehead atoms. The van der Waals surface area contributed by atoms with Crippen molar-refractivity contribution in [2.45, 2.75) is 18.6 Å². The number of rotatable bonds is 1. The third kappa shape index (κ3) is 1.65. The van der Waals surface area contributed by atoms with Gasteiger partial charge in [0.1, 0.15) is 5.82 Å². The maximum Gasteiger partial charge on any atom is 0.151 e. The molecular weight excluding hydrogens is 226 g/mol. The molecule has 1 aromatic carbocycles. The molecule has 0 saturated carbocycles. The van der Waals surface area contributed by atoms with Crippen molar-refractivity contribution < 1.29 is 13.5 Å². The number of methoxy groups -OCH3 is 1. The topological polar surface area (TPSA) is 24.5 Å². The minimum atomic E-state index is -0.537. The fourth-order valence-electron chi connectivity index (χ4n) is 2.71. The largest absolute Gasteiger partial charge is 0.380 e. The van der Waals surface area contributed by atoms with E-state index in [-0.39, 0.29) is 12.1 Å². The first-order chi connectivity index (χ1) is 8.19. The summed E-state index contributed by atoms with van der Waals surface area (Å²) in [6, 6.07) is 2.56. The summed E-state index contributed by atoms with van der Waals surface area (Å²) in [6.45, 7) is 1.37. The van der Waals surface area contributed by atoms with Gasteiger partial charge in [-0.05, 0) is 12.5 Å². The molecule has 2 heterocycles. The van der Waals surface area contributed by atoms with Crippen molar-refractivity contribution in [3.63, 3.8) is 0 Å². The number of fused-ring (bicyclic) bond motifs is 3. The number of halogens is 2. The monoisotopic (exact) mass is 240 g/mol. The number of hydrogen-bond acceptors (Lipinski definition) is 3. The summed E-state index contributed by atoms with van der Waals surface area (Å²) in [5.74, 6) is -1.07. The van der Waals surface area contributed by atoms with E-state index >= 15 is 0 Å². The van der Waals surface area contributed by atoms with Crippen LogP contribution in [0, 0.1) is 11.6 Å². The zero-order chi connectivity index (χ0) is 12.0. The molecule has 3 nitrogen and oxygen atoms in total. The second kappa shape index (κ2) is 3.84. The van der Waals surface area contributed by atoms with Crippen LogP contribution in [0.1, 0.15) is 6.42 Å². The van der Waals surface area contributed by atoms with Crippen LogP contribution < -0.4 is 10.2 Å². The number of anilines is 2. The maximum absolute atomic E-state index is 13.6. The molecule has 2 unspecified atom stereocenters. The fourth-order valence-corrected chi connectivity index (χ4v) is 2.71. The number of nitrogens with one attached hydrogen (secondary N) is 1. The molecule has 1 N–H and O–H groups in total. The van der Waals surface area contributed by atoms with Crippen molar-refractivity contribution in [2.75, 3.05) is 30.4 Å². The Morgan fingerprint density at radius 3 is 3.00 bits per heavy atom. The minimum absolute atomic E-state index is 0.138. The second-order valence-electron chi connectivity index (χ2n) is 4.56. The lowest BCUT2D eigenvalue weighted by Gasteiger charge is -2.34. The summed E-state index contributed by atoms with van der Waals surface area (Å²) in [6.07, 6.45) is 1.03. The Bertz CT molecular complexity index is 452. The van der Waals surface area contributed by atoms with E-state index in [1.54, 1.807) is 7.11 Å². The van der Waals surface area contributed by atoms with E-state index in [1.165, 1.54) is 6.07 Å². The Morgan fingerprint density at radius 1 is 1.41 bits per heavy atom. The summed E-state index contributed by atoms with van der Waals surface area (Å²) in [4.78, 5) is 2.03. The smallest absolute Gasteiger partial charge is 0.151 e. The molecule has 0 spiro atoms. The highest BCUT2D eigenvalue weighted by Crippen LogP contribution is 2.38. The van der Waals surface area contributed by atoms with E-state index in [0.29, 0.717) is 24.5 Å². The van der Waals surface area contributed by atoms with E-state index in [2.05, 4.69) is 5.32 Å². The molecule has 17 heavy (non-hydrogen) atoms. The van der Waals surface area contributed by atoms with Gasteiger partial charge in [-0.1, -0.05) is 0 Å². The highest BCUT2D eigenvalue weighted by molar-refractivity contribution is 5.74. The number of ether oxygens (including phenoxy) is 1. The van der Waals surface area contributed by atoms with Crippen molar-refractivity contribution in [1.82, 2.24) is 0 Å². The highest BCUT2D eigenvalue weighted by atomic mass is 19.1. The molecule has 0 amide bonds. The first-order valence-electron chi connectivity index (χ1n) is 5.71. The molecule has 2 aliphatic heterocycles. The lowest BCUT2D eigenvalue weighted by atomic mass is 10.1. The minimum Gasteiger partial charge on any atom is -0.380 e. The first-order valence-corrected chi connectivity index (χ1v) is 5.71. The Kier molecular flexibility index (Phi) is 2.43. The molecule has 0 radical (unpaired) electrons. The van der Waals surface area contributed by atoms with Gasteiger partial charge in [0.25, 0.3) is 0 Å². The highest BCUT2D eigenvalue weighted by Gasteiger charge is 2.37. The molecule has 3 rings (SSSR count). The molecule has 5 heteroatoms. The van der Waals surface area contributed by atoms with Crippen molar-refractivity contribution in [3.05, 3.63) is 23.8 Å². The van der Waals surface area contributed by atoms with Gasteiger partial charge in [-0.2, -0.15) is 0 Å². The molecule has 1 aromatic rings. The van der Waals surface area contributed by atoms with Crippen LogP contribution >= 0.6 is 0 Å². The molecule has 0 aromatic heterocycles. The van der Waals surface area contributed by atoms with E-state index in [4.69, 9.17) is 4.74 Å². The average Bonchev–Trinajstić information content (AvgIpc) is 2.72. The van der Waals surface area contributed by atoms with Crippen molar-refractivity contribution in [1.29, 1.82) is 0 Å². The molecule has 0 aliphatic carbocycles. The molecule has 1 fully saturated rings. The van der Waals surface area contributed by atoms with Crippen LogP contribution in [0.5, 0.6) is 0 Å². The van der Waals surface area contributed by atoms with E-state index < -0.39 is 11.6 Å². The van der Waals surface area contributed by atoms with Gasteiger partial charge in [-0.15, -0.1) is 0 Å². The zero-order valence-corrected chi connectivity index (χ0v) is 9.54. The molecule has 2 atom stereocenters. The van der Waals surface area contributed by atoms with Crippen LogP contribution in [0.4, 0.5) is 20.2 Å². The van der Waals surface area contributed by atoms with Gasteiger partial charge in [0.05, 0.1) is 17.5 Å². The lowest BCUT2D eigenvalue weighted by Crippen LogP contribution is -2.39. The van der Waals surface area contributed by atoms with Crippen molar-refractivity contribution in [2.24, 2.45) is 0 Å². The van der Waals surface area contributed by atoms with Gasteiger partial charge in [0, 0.05) is 32.3 Å². The van der Waals surface area contributed by atoms with Crippen LogP contribution in [-0.4, -0.2) is 32.3 Å². The predicted molar refractivity (Wildman–Crippen MR) is 61.4 cm³/mol. The molecular formula is C12H14F2N2O. The fraction of sp³-hybridized carbons (Fsp3) is 0.500. The van der Waals surface area contributed by atoms with E-state index in [0.717, 1.165) is 12.5 Å². The van der Waals surface area contributed by atoms with Crippen LogP contribution in [0.15, 0.2) is 12.1 Å². The summed E-state index contributed by atoms with van der Waals surface area (Å²) >= 11 is 0. The molecule has 92 valence electrons. The van der Waals surface area contributed by atoms with Gasteiger partial charge in [0.2, 0.25) is 0 Å². The average molecular weight is 240 g/mol. The maximum atomic E-state index is 13.6. The number of nitrogens with zero attached hydrogens (tertiary/aromatic N) is 1. The van der Waals surface area contributed by atoms with Gasteiger partial charge < -0.3 is 15.0 Å². The van der Waals surface area contributed by atoms with Crippen LogP contribution in [0.2, 0.25) is 0 Å². The Morgan fingerprint density at radius 2 is 2.24 bits per heavy atom. The van der Waals surface area contributed by atoms with Crippen molar-refractivity contribution in [3.8, 4) is 0 Å². The normalized spacial score (nSPS) is 26.4. The SMILES string of the molecule is COC1CC2CNc3c(F)cc(F)cc3N2C1. The predicted octanol–water partition coefficient (Wildman–Crippen LogP) is 1.98. The standard InChI is InChI=1S/C12H14F2N2O/c1-17-9-4-8-5-15-12-10(14)2-7(13)3-11(12)16(8)6-9/h2-3,8-9,15H,4-6H2,1H3. The second-order valence-corrected chi connectivity index (χ2v) is 4.56. The number of benzene rings is 1. The Balaban J connectivity index is 2.01. The summed E-state index contributed by atoms with van der Waals surface area (Å²) in [7, 11) is 1.67. The third-order valence-electron chi connectivity index (χ3n) is 3.57. The summed E-state index contributed by atoms with van der Waals surface area (Å²) in [5.41, 5.74) is 1.01. The first kappa shape index (κ1) is 10.8. The van der Waals surface area contributed by atoms with Crippen LogP contribution in [-0.2, 0) is 4.74 Å². The summed E-state index contributed by atoms with van der Waals surface area (Å²) < 4.78 is 32.2. The Hall–Kier alpha value is -1.36. The molecule has 1 saturated heterocycles. The summed E-state index contributed by atoms with van der Waals surface area (Å²) in [5, 5.41) is 3.04. The third-order valence-corrected chi connectivity index (χ3v) is 3.57. The van der Waals surface area contributed by atoms with Gasteiger partial charge >= 0.3 is 0 Å². The van der Waals surface area contributed by atoms with E-state index in [1.807, 2.05) is 4.90 Å². The van der Waals surface area contributed by atoms with Crippen molar-refractivity contribution >= 4 is 11.4 Å². The number of hydrogen-bond donors (Lipinski definition) is 1. The van der Waals surface area contributed by atoms with Crippen LogP contribution in [0.25, 0.3) is 0 Å². The van der Waals surface area contributed by atoms with E-state index in [9.17, 15) is 8.78 Å². The zero-order valence-electron chi connectivity index (χ0n) is 9.54. The Labute approximate surface area is 98.4 Å². The van der Waals surface area contributed by atoms with Crippen LogP contribution in [0.3, 0.4) is 0 Å². The quantitative estimate of drug-likeness (QED) is 0.812.